The second kappa shape index (κ2) is 6.55. The molecule has 3 rings (SSSR count). The first-order chi connectivity index (χ1) is 10.7. The lowest BCUT2D eigenvalue weighted by molar-refractivity contribution is -0.139. The summed E-state index contributed by atoms with van der Waals surface area (Å²) in [5, 5.41) is 9.63. The average Bonchev–Trinajstić information content (AvgIpc) is 2.97. The van der Waals surface area contributed by atoms with E-state index in [1.54, 1.807) is 0 Å². The van der Waals surface area contributed by atoms with Gasteiger partial charge in [-0.05, 0) is 18.8 Å². The van der Waals surface area contributed by atoms with Crippen molar-refractivity contribution in [2.24, 2.45) is 11.3 Å². The van der Waals surface area contributed by atoms with E-state index in [9.17, 15) is 10.1 Å². The topological polar surface area (TPSA) is 56.6 Å². The van der Waals surface area contributed by atoms with Crippen LogP contribution in [0.2, 0.25) is 0 Å². The fourth-order valence-corrected chi connectivity index (χ4v) is 4.33. The highest BCUT2D eigenvalue weighted by atomic mass is 16.5. The van der Waals surface area contributed by atoms with Crippen LogP contribution in [0, 0.1) is 22.7 Å². The Morgan fingerprint density at radius 2 is 1.86 bits per heavy atom. The molecule has 1 saturated carbocycles. The Labute approximate surface area is 133 Å². The van der Waals surface area contributed by atoms with Crippen LogP contribution in [0.15, 0.2) is 0 Å². The van der Waals surface area contributed by atoms with E-state index >= 15 is 0 Å². The van der Waals surface area contributed by atoms with Crippen LogP contribution in [-0.2, 0) is 9.53 Å². The summed E-state index contributed by atoms with van der Waals surface area (Å²) in [5.74, 6) is 0.568. The minimum absolute atomic E-state index is 0.0947. The van der Waals surface area contributed by atoms with E-state index in [-0.39, 0.29) is 5.91 Å². The van der Waals surface area contributed by atoms with Gasteiger partial charge in [0.25, 0.3) is 0 Å². The predicted molar refractivity (Wildman–Crippen MR) is 83.1 cm³/mol. The number of nitrogens with zero attached hydrogens (tertiary/aromatic N) is 3. The zero-order valence-corrected chi connectivity index (χ0v) is 13.6. The van der Waals surface area contributed by atoms with Crippen LogP contribution < -0.4 is 0 Å². The van der Waals surface area contributed by atoms with Crippen LogP contribution in [-0.4, -0.2) is 61.1 Å². The number of hydrogen-bond acceptors (Lipinski definition) is 4. The van der Waals surface area contributed by atoms with Crippen molar-refractivity contribution in [2.45, 2.75) is 45.1 Å². The smallest absolute Gasteiger partial charge is 0.243 e. The fourth-order valence-electron chi connectivity index (χ4n) is 4.33. The number of nitriles is 1. The minimum Gasteiger partial charge on any atom is -0.379 e. The molecule has 1 aliphatic carbocycles. The summed E-state index contributed by atoms with van der Waals surface area (Å²) in [6.45, 7) is 7.31. The van der Waals surface area contributed by atoms with Gasteiger partial charge in [0.1, 0.15) is 5.41 Å². The van der Waals surface area contributed by atoms with Crippen LogP contribution in [0.4, 0.5) is 0 Å². The summed E-state index contributed by atoms with van der Waals surface area (Å²) in [6, 6.07) is 2.80. The minimum atomic E-state index is -0.738. The molecule has 2 atom stereocenters. The Morgan fingerprint density at radius 1 is 1.18 bits per heavy atom. The van der Waals surface area contributed by atoms with Crippen LogP contribution >= 0.6 is 0 Å². The Balaban J connectivity index is 1.67. The first kappa shape index (κ1) is 15.8. The molecule has 2 heterocycles. The Hall–Kier alpha value is -1.12. The summed E-state index contributed by atoms with van der Waals surface area (Å²) in [6.07, 6.45) is 4.67. The van der Waals surface area contributed by atoms with Crippen molar-refractivity contribution in [2.75, 3.05) is 39.4 Å². The second-order valence-corrected chi connectivity index (χ2v) is 7.16. The van der Waals surface area contributed by atoms with Crippen LogP contribution in [0.3, 0.4) is 0 Å². The molecule has 0 radical (unpaired) electrons. The van der Waals surface area contributed by atoms with E-state index in [0.29, 0.717) is 12.0 Å². The molecule has 0 N–H and O–H groups in total. The van der Waals surface area contributed by atoms with Gasteiger partial charge in [0.05, 0.1) is 19.3 Å². The zero-order valence-electron chi connectivity index (χ0n) is 13.6. The van der Waals surface area contributed by atoms with E-state index < -0.39 is 5.41 Å². The molecule has 0 spiro atoms. The van der Waals surface area contributed by atoms with Crippen molar-refractivity contribution in [3.05, 3.63) is 0 Å². The maximum atomic E-state index is 13.0. The molecule has 3 fully saturated rings. The number of likely N-dealkylation sites (tertiary alicyclic amines) is 1. The number of amides is 1. The van der Waals surface area contributed by atoms with Gasteiger partial charge < -0.3 is 9.64 Å². The highest BCUT2D eigenvalue weighted by molar-refractivity contribution is 5.86. The lowest BCUT2D eigenvalue weighted by Crippen LogP contribution is -2.48. The maximum Gasteiger partial charge on any atom is 0.243 e. The zero-order chi connectivity index (χ0) is 15.6. The average molecular weight is 305 g/mol. The third-order valence-corrected chi connectivity index (χ3v) is 5.71. The first-order valence-electron chi connectivity index (χ1n) is 8.69. The van der Waals surface area contributed by atoms with Gasteiger partial charge in [-0.2, -0.15) is 5.26 Å². The van der Waals surface area contributed by atoms with Crippen molar-refractivity contribution in [3.63, 3.8) is 0 Å². The number of hydrogen-bond donors (Lipinski definition) is 0. The van der Waals surface area contributed by atoms with Crippen molar-refractivity contribution < 1.29 is 9.53 Å². The van der Waals surface area contributed by atoms with E-state index in [4.69, 9.17) is 4.74 Å². The van der Waals surface area contributed by atoms with E-state index in [1.807, 2.05) is 4.90 Å². The van der Waals surface area contributed by atoms with E-state index in [2.05, 4.69) is 17.9 Å². The molecule has 0 aromatic rings. The van der Waals surface area contributed by atoms with Gasteiger partial charge in [-0.25, -0.2) is 0 Å². The molecule has 122 valence electrons. The molecular weight excluding hydrogens is 278 g/mol. The van der Waals surface area contributed by atoms with Crippen LogP contribution in [0.1, 0.15) is 39.0 Å². The molecular formula is C17H27N3O2. The first-order valence-corrected chi connectivity index (χ1v) is 8.69. The van der Waals surface area contributed by atoms with Gasteiger partial charge in [-0.15, -0.1) is 0 Å². The normalized spacial score (nSPS) is 32.6. The Kier molecular flexibility index (Phi) is 4.70. The van der Waals surface area contributed by atoms with Crippen LogP contribution in [0.5, 0.6) is 0 Å². The van der Waals surface area contributed by atoms with Gasteiger partial charge in [0.2, 0.25) is 5.91 Å². The SMILES string of the molecule is C[C@H]1CN(C(=O)C2(C#N)CCCCC2)C[C@@H]1N1CCOCC1. The lowest BCUT2D eigenvalue weighted by atomic mass is 9.74. The highest BCUT2D eigenvalue weighted by Crippen LogP contribution is 2.39. The lowest BCUT2D eigenvalue weighted by Gasteiger charge is -2.35. The van der Waals surface area contributed by atoms with Gasteiger partial charge in [-0.3, -0.25) is 9.69 Å². The summed E-state index contributed by atoms with van der Waals surface area (Å²) in [7, 11) is 0. The summed E-state index contributed by atoms with van der Waals surface area (Å²) in [4.78, 5) is 17.4. The quantitative estimate of drug-likeness (QED) is 0.778. The molecule has 5 nitrogen and oxygen atoms in total. The molecule has 2 aliphatic heterocycles. The van der Waals surface area contributed by atoms with E-state index in [1.165, 1.54) is 0 Å². The largest absolute Gasteiger partial charge is 0.379 e. The number of morpholine rings is 1. The highest BCUT2D eigenvalue weighted by Gasteiger charge is 2.46. The molecule has 3 aliphatic rings. The number of rotatable bonds is 2. The summed E-state index contributed by atoms with van der Waals surface area (Å²) >= 11 is 0. The fraction of sp³-hybridized carbons (Fsp3) is 0.882. The molecule has 0 unspecified atom stereocenters. The molecule has 1 amide bonds. The summed E-state index contributed by atoms with van der Waals surface area (Å²) in [5.41, 5.74) is -0.738. The monoisotopic (exact) mass is 305 g/mol. The van der Waals surface area contributed by atoms with Gasteiger partial charge in [-0.1, -0.05) is 26.2 Å². The van der Waals surface area contributed by atoms with Gasteiger partial charge in [0.15, 0.2) is 0 Å². The second-order valence-electron chi connectivity index (χ2n) is 7.16. The molecule has 0 aromatic heterocycles. The molecule has 0 bridgehead atoms. The van der Waals surface area contributed by atoms with E-state index in [0.717, 1.165) is 71.5 Å². The van der Waals surface area contributed by atoms with Gasteiger partial charge in [0, 0.05) is 32.2 Å². The van der Waals surface area contributed by atoms with Crippen molar-refractivity contribution in [1.82, 2.24) is 9.80 Å². The van der Waals surface area contributed by atoms with Crippen LogP contribution in [0.25, 0.3) is 0 Å². The van der Waals surface area contributed by atoms with Crippen molar-refractivity contribution in [3.8, 4) is 6.07 Å². The molecule has 22 heavy (non-hydrogen) atoms. The summed E-state index contributed by atoms with van der Waals surface area (Å²) < 4.78 is 5.43. The third kappa shape index (κ3) is 2.87. The van der Waals surface area contributed by atoms with Crippen molar-refractivity contribution >= 4 is 5.91 Å². The standard InChI is InChI=1S/C17H27N3O2/c1-14-11-20(12-15(14)19-7-9-22-10-8-19)16(21)17(13-18)5-3-2-4-6-17/h14-15H,2-12H2,1H3/t14-,15-/m0/s1. The Bertz CT molecular complexity index is 447. The predicted octanol–water partition coefficient (Wildman–Crippen LogP) is 1.64. The number of carbonyl (C=O) groups is 1. The van der Waals surface area contributed by atoms with Crippen molar-refractivity contribution in [1.29, 1.82) is 5.26 Å². The molecule has 2 saturated heterocycles. The molecule has 5 heteroatoms. The van der Waals surface area contributed by atoms with Gasteiger partial charge >= 0.3 is 0 Å². The third-order valence-electron chi connectivity index (χ3n) is 5.71. The number of carbonyl (C=O) groups excluding carboxylic acids is 1. The number of ether oxygens (including phenoxy) is 1. The Morgan fingerprint density at radius 3 is 2.50 bits per heavy atom. The maximum absolute atomic E-state index is 13.0. The molecule has 0 aromatic carbocycles.